The summed E-state index contributed by atoms with van der Waals surface area (Å²) in [4.78, 5) is 7.67. The van der Waals surface area contributed by atoms with Gasteiger partial charge in [0.1, 0.15) is 30.5 Å². The van der Waals surface area contributed by atoms with E-state index in [0.29, 0.717) is 5.56 Å². The first kappa shape index (κ1) is 20.6. The van der Waals surface area contributed by atoms with Gasteiger partial charge in [0.15, 0.2) is 0 Å². The van der Waals surface area contributed by atoms with Gasteiger partial charge in [-0.3, -0.25) is 4.98 Å². The van der Waals surface area contributed by atoms with Gasteiger partial charge in [-0.2, -0.15) is 0 Å². The zero-order valence-electron chi connectivity index (χ0n) is 15.8. The predicted octanol–water partition coefficient (Wildman–Crippen LogP) is 2.29. The number of rotatable bonds is 5. The second-order valence-electron chi connectivity index (χ2n) is 7.24. The molecule has 4 N–H and O–H groups in total. The lowest BCUT2D eigenvalue weighted by Crippen LogP contribution is -2.55. The summed E-state index contributed by atoms with van der Waals surface area (Å²) in [6, 6.07) is 9.99. The molecular weight excluding hydrogens is 410 g/mol. The van der Waals surface area contributed by atoms with Gasteiger partial charge in [0, 0.05) is 22.4 Å². The molecule has 1 aliphatic heterocycles. The molecule has 3 heterocycles. The smallest absolute Gasteiger partial charge is 0.113 e. The maximum absolute atomic E-state index is 10.4. The Bertz CT molecular complexity index is 956. The highest BCUT2D eigenvalue weighted by molar-refractivity contribution is 7.21. The van der Waals surface area contributed by atoms with Gasteiger partial charge in [0.25, 0.3) is 0 Å². The molecule has 1 fully saturated rings. The van der Waals surface area contributed by atoms with Crippen molar-refractivity contribution in [3.8, 4) is 9.75 Å². The van der Waals surface area contributed by atoms with Crippen LogP contribution in [0.4, 0.5) is 0 Å². The molecule has 5 atom stereocenters. The van der Waals surface area contributed by atoms with Crippen LogP contribution in [-0.4, -0.2) is 56.4 Å². The zero-order chi connectivity index (χ0) is 20.5. The molecule has 4 rings (SSSR count). The Morgan fingerprint density at radius 3 is 2.59 bits per heavy atom. The largest absolute Gasteiger partial charge is 0.394 e. The summed E-state index contributed by atoms with van der Waals surface area (Å²) in [7, 11) is 0. The van der Waals surface area contributed by atoms with Gasteiger partial charge in [-0.15, -0.1) is 22.7 Å². The SMILES string of the molecule is Cc1ccc([C@@H]2O[C@H](CO)[C@@H](O)[C@H](O)[C@H]2O)cc1Cc1ccc(-c2cncs2)s1. The summed E-state index contributed by atoms with van der Waals surface area (Å²) in [6.45, 7) is 1.60. The Hall–Kier alpha value is -1.65. The molecule has 0 spiro atoms. The number of aryl methyl sites for hydroxylation is 1. The molecule has 3 aromatic rings. The van der Waals surface area contributed by atoms with Crippen molar-refractivity contribution in [2.24, 2.45) is 0 Å². The summed E-state index contributed by atoms with van der Waals surface area (Å²) in [6.07, 6.45) is -3.14. The highest BCUT2D eigenvalue weighted by atomic mass is 32.1. The van der Waals surface area contributed by atoms with Crippen molar-refractivity contribution in [2.75, 3.05) is 6.61 Å². The van der Waals surface area contributed by atoms with Crippen LogP contribution in [0.15, 0.2) is 42.0 Å². The molecule has 0 saturated carbocycles. The van der Waals surface area contributed by atoms with Crippen LogP contribution in [0.1, 0.15) is 27.7 Å². The monoisotopic (exact) mass is 433 g/mol. The van der Waals surface area contributed by atoms with Gasteiger partial charge in [-0.25, -0.2) is 0 Å². The Kier molecular flexibility index (Phi) is 6.12. The Balaban J connectivity index is 1.58. The molecule has 6 nitrogen and oxygen atoms in total. The van der Waals surface area contributed by atoms with Gasteiger partial charge in [0.2, 0.25) is 0 Å². The van der Waals surface area contributed by atoms with Crippen LogP contribution in [-0.2, 0) is 11.2 Å². The van der Waals surface area contributed by atoms with Crippen molar-refractivity contribution in [3.63, 3.8) is 0 Å². The van der Waals surface area contributed by atoms with E-state index in [1.807, 2.05) is 36.8 Å². The first-order valence-electron chi connectivity index (χ1n) is 9.35. The van der Waals surface area contributed by atoms with E-state index in [-0.39, 0.29) is 0 Å². The van der Waals surface area contributed by atoms with Crippen LogP contribution in [0, 0.1) is 6.92 Å². The minimum atomic E-state index is -1.38. The molecule has 1 saturated heterocycles. The number of nitrogens with zero attached hydrogens (tertiary/aromatic N) is 1. The molecule has 1 aliphatic rings. The fourth-order valence-electron chi connectivity index (χ4n) is 3.57. The van der Waals surface area contributed by atoms with E-state index in [0.717, 1.165) is 22.4 Å². The van der Waals surface area contributed by atoms with Crippen LogP contribution in [0.2, 0.25) is 0 Å². The average molecular weight is 434 g/mol. The lowest BCUT2D eigenvalue weighted by Gasteiger charge is -2.40. The van der Waals surface area contributed by atoms with Crippen LogP contribution < -0.4 is 0 Å². The number of benzene rings is 1. The lowest BCUT2D eigenvalue weighted by molar-refractivity contribution is -0.231. The molecule has 1 aromatic carbocycles. The van der Waals surface area contributed by atoms with Crippen molar-refractivity contribution >= 4 is 22.7 Å². The van der Waals surface area contributed by atoms with Gasteiger partial charge in [-0.05, 0) is 35.7 Å². The third-order valence-corrected chi connectivity index (χ3v) is 7.35. The fraction of sp³-hybridized carbons (Fsp3) is 0.381. The van der Waals surface area contributed by atoms with Crippen LogP contribution in [0.25, 0.3) is 9.75 Å². The maximum atomic E-state index is 10.4. The van der Waals surface area contributed by atoms with Crippen molar-refractivity contribution in [1.29, 1.82) is 0 Å². The summed E-state index contributed by atoms with van der Waals surface area (Å²) < 4.78 is 5.70. The summed E-state index contributed by atoms with van der Waals surface area (Å²) in [5.41, 5.74) is 4.74. The highest BCUT2D eigenvalue weighted by Gasteiger charge is 2.43. The number of hydrogen-bond donors (Lipinski definition) is 4. The van der Waals surface area contributed by atoms with Gasteiger partial charge >= 0.3 is 0 Å². The minimum Gasteiger partial charge on any atom is -0.394 e. The first-order valence-corrected chi connectivity index (χ1v) is 11.0. The summed E-state index contributed by atoms with van der Waals surface area (Å²) >= 11 is 3.34. The third-order valence-electron chi connectivity index (χ3n) is 5.30. The average Bonchev–Trinajstić information content (AvgIpc) is 3.40. The molecule has 29 heavy (non-hydrogen) atoms. The predicted molar refractivity (Wildman–Crippen MR) is 112 cm³/mol. The number of aliphatic hydroxyl groups excluding tert-OH is 4. The molecule has 2 aromatic heterocycles. The van der Waals surface area contributed by atoms with E-state index in [1.165, 1.54) is 9.75 Å². The minimum absolute atomic E-state index is 0.435. The van der Waals surface area contributed by atoms with E-state index in [4.69, 9.17) is 4.74 Å². The highest BCUT2D eigenvalue weighted by Crippen LogP contribution is 2.35. The zero-order valence-corrected chi connectivity index (χ0v) is 17.4. The third kappa shape index (κ3) is 4.15. The Morgan fingerprint density at radius 1 is 1.03 bits per heavy atom. The van der Waals surface area contributed by atoms with Crippen LogP contribution in [0.3, 0.4) is 0 Å². The van der Waals surface area contributed by atoms with E-state index in [2.05, 4.69) is 17.1 Å². The topological polar surface area (TPSA) is 103 Å². The number of ether oxygens (including phenoxy) is 1. The van der Waals surface area contributed by atoms with E-state index in [1.54, 1.807) is 22.7 Å². The molecule has 0 radical (unpaired) electrons. The molecule has 0 amide bonds. The Morgan fingerprint density at radius 2 is 1.86 bits per heavy atom. The number of hydrogen-bond acceptors (Lipinski definition) is 8. The molecule has 0 bridgehead atoms. The molecule has 0 aliphatic carbocycles. The van der Waals surface area contributed by atoms with Crippen molar-refractivity contribution in [2.45, 2.75) is 43.9 Å². The molecule has 0 unspecified atom stereocenters. The number of aliphatic hydroxyl groups is 4. The van der Waals surface area contributed by atoms with E-state index >= 15 is 0 Å². The van der Waals surface area contributed by atoms with E-state index < -0.39 is 37.1 Å². The maximum Gasteiger partial charge on any atom is 0.113 e. The first-order chi connectivity index (χ1) is 14.0. The number of thiazole rings is 1. The molecular formula is C21H23NO5S2. The normalized spacial score (nSPS) is 27.3. The van der Waals surface area contributed by atoms with Gasteiger partial charge < -0.3 is 25.2 Å². The second kappa shape index (κ2) is 8.61. The summed E-state index contributed by atoms with van der Waals surface area (Å²) in [5.74, 6) is 0. The second-order valence-corrected chi connectivity index (χ2v) is 9.30. The molecule has 154 valence electrons. The van der Waals surface area contributed by atoms with Crippen molar-refractivity contribution in [1.82, 2.24) is 4.98 Å². The van der Waals surface area contributed by atoms with Gasteiger partial charge in [-0.1, -0.05) is 18.2 Å². The lowest BCUT2D eigenvalue weighted by atomic mass is 9.89. The van der Waals surface area contributed by atoms with Crippen molar-refractivity contribution < 1.29 is 25.2 Å². The van der Waals surface area contributed by atoms with Gasteiger partial charge in [0.05, 0.1) is 17.0 Å². The van der Waals surface area contributed by atoms with Crippen LogP contribution in [0.5, 0.6) is 0 Å². The number of aromatic nitrogens is 1. The summed E-state index contributed by atoms with van der Waals surface area (Å²) in [5, 5.41) is 39.9. The standard InChI is InChI=1S/C21H23NO5S2/c1-11-2-3-12(21-20(26)19(25)18(24)15(9-23)27-21)6-13(11)7-14-4-5-16(29-14)17-8-22-10-28-17/h2-6,8,10,15,18-21,23-26H,7,9H2,1H3/t15-,18-,19+,20-,21+/m1/s1. The Labute approximate surface area is 176 Å². The molecule has 8 heteroatoms. The number of thiophene rings is 1. The fourth-order valence-corrected chi connectivity index (χ4v) is 5.31. The van der Waals surface area contributed by atoms with Crippen molar-refractivity contribution in [3.05, 3.63) is 63.6 Å². The van der Waals surface area contributed by atoms with Crippen LogP contribution >= 0.6 is 22.7 Å². The quantitative estimate of drug-likeness (QED) is 0.492. The van der Waals surface area contributed by atoms with E-state index in [9.17, 15) is 20.4 Å².